The Bertz CT molecular complexity index is 165. The molecule has 0 fully saturated rings. The van der Waals surface area contributed by atoms with Gasteiger partial charge in [0, 0.05) is 16.3 Å². The largest absolute Gasteiger partial charge is 0.0847 e. The summed E-state index contributed by atoms with van der Waals surface area (Å²) in [6, 6.07) is 0. The highest BCUT2D eigenvalue weighted by Gasteiger charge is 1.95. The van der Waals surface area contributed by atoms with Crippen LogP contribution in [-0.2, 0) is 0 Å². The van der Waals surface area contributed by atoms with E-state index in [0.717, 1.165) is 16.3 Å². The number of allylic oxidation sites excluding steroid dienone is 4. The third-order valence-electron chi connectivity index (χ3n) is 0.927. The molecule has 1 aliphatic rings. The molecule has 0 spiro atoms. The van der Waals surface area contributed by atoms with E-state index in [1.165, 1.54) is 0 Å². The fraction of sp³-hybridized carbons (Fsp3) is 0.167. The summed E-state index contributed by atoms with van der Waals surface area (Å²) in [5, 5.41) is 0.790. The van der Waals surface area contributed by atoms with E-state index in [-0.39, 0.29) is 0 Å². The molecular weight excluding hydrogens is 140 g/mol. The van der Waals surface area contributed by atoms with E-state index < -0.39 is 0 Å². The molecule has 0 N–H and O–H groups in total. The smallest absolute Gasteiger partial charge is 0.0370 e. The average molecular weight is 145 g/mol. The van der Waals surface area contributed by atoms with Crippen LogP contribution in [-0.4, -0.2) is 4.86 Å². The van der Waals surface area contributed by atoms with Crippen molar-refractivity contribution in [2.45, 2.75) is 6.42 Å². The molecule has 0 bridgehead atoms. The molecule has 0 saturated carbocycles. The van der Waals surface area contributed by atoms with Crippen LogP contribution in [0.4, 0.5) is 0 Å². The summed E-state index contributed by atoms with van der Waals surface area (Å²) in [5.74, 6) is 0. The van der Waals surface area contributed by atoms with Gasteiger partial charge in [0.1, 0.15) is 0 Å². The van der Waals surface area contributed by atoms with Crippen molar-refractivity contribution in [1.29, 1.82) is 0 Å². The van der Waals surface area contributed by atoms with E-state index >= 15 is 0 Å². The van der Waals surface area contributed by atoms with Crippen LogP contribution < -0.4 is 0 Å². The van der Waals surface area contributed by atoms with Crippen molar-refractivity contribution in [2.75, 3.05) is 0 Å². The topological polar surface area (TPSA) is 0 Å². The molecule has 1 rings (SSSR count). The van der Waals surface area contributed by atoms with Gasteiger partial charge in [0.25, 0.3) is 0 Å². The minimum atomic E-state index is 0.790. The van der Waals surface area contributed by atoms with Crippen molar-refractivity contribution in [3.63, 3.8) is 0 Å². The van der Waals surface area contributed by atoms with E-state index in [9.17, 15) is 0 Å². The van der Waals surface area contributed by atoms with E-state index in [1.54, 1.807) is 0 Å². The number of hydrogen-bond donors (Lipinski definition) is 0. The lowest BCUT2D eigenvalue weighted by Crippen LogP contribution is -1.89. The lowest BCUT2D eigenvalue weighted by molar-refractivity contribution is 1.49. The molecule has 0 aromatic rings. The number of halogens is 1. The summed E-state index contributed by atoms with van der Waals surface area (Å²) in [7, 11) is 0. The highest BCUT2D eigenvalue weighted by atomic mass is 35.5. The molecule has 0 atom stereocenters. The fourth-order valence-electron chi connectivity index (χ4n) is 0.507. The van der Waals surface area contributed by atoms with Crippen LogP contribution >= 0.6 is 23.8 Å². The van der Waals surface area contributed by atoms with E-state index in [1.807, 2.05) is 18.2 Å². The van der Waals surface area contributed by atoms with Gasteiger partial charge in [0.2, 0.25) is 0 Å². The zero-order chi connectivity index (χ0) is 5.98. The highest BCUT2D eigenvalue weighted by molar-refractivity contribution is 7.80. The molecule has 42 valence electrons. The van der Waals surface area contributed by atoms with Crippen molar-refractivity contribution in [3.05, 3.63) is 23.3 Å². The average Bonchev–Trinajstić information content (AvgIpc) is 1.77. The van der Waals surface area contributed by atoms with Crippen molar-refractivity contribution >= 4 is 28.7 Å². The van der Waals surface area contributed by atoms with Crippen LogP contribution in [0.2, 0.25) is 0 Å². The molecule has 0 heterocycles. The summed E-state index contributed by atoms with van der Waals surface area (Å²) in [5.41, 5.74) is 0. The highest BCUT2D eigenvalue weighted by Crippen LogP contribution is 2.10. The summed E-state index contributed by atoms with van der Waals surface area (Å²) < 4.78 is 0. The molecule has 2 heteroatoms. The summed E-state index contributed by atoms with van der Waals surface area (Å²) in [4.78, 5) is 0.953. The van der Waals surface area contributed by atoms with E-state index in [0.29, 0.717) is 0 Å². The maximum Gasteiger partial charge on any atom is 0.0370 e. The molecule has 1 aliphatic carbocycles. The molecule has 0 saturated heterocycles. The molecule has 0 amide bonds. The second kappa shape index (κ2) is 2.42. The predicted octanol–water partition coefficient (Wildman–Crippen LogP) is 2.44. The number of hydrogen-bond acceptors (Lipinski definition) is 1. The fourth-order valence-corrected chi connectivity index (χ4v) is 0.798. The zero-order valence-electron chi connectivity index (χ0n) is 4.23. The number of rotatable bonds is 0. The van der Waals surface area contributed by atoms with Gasteiger partial charge in [0.05, 0.1) is 0 Å². The van der Waals surface area contributed by atoms with Crippen molar-refractivity contribution in [2.24, 2.45) is 0 Å². The minimum absolute atomic E-state index is 0.790. The van der Waals surface area contributed by atoms with Crippen LogP contribution in [0.15, 0.2) is 23.3 Å². The van der Waals surface area contributed by atoms with Crippen molar-refractivity contribution < 1.29 is 0 Å². The second-order valence-corrected chi connectivity index (χ2v) is 2.55. The Morgan fingerprint density at radius 3 is 2.62 bits per heavy atom. The van der Waals surface area contributed by atoms with Crippen molar-refractivity contribution in [1.82, 2.24) is 0 Å². The summed E-state index contributed by atoms with van der Waals surface area (Å²) >= 11 is 10.5. The first-order valence-electron chi connectivity index (χ1n) is 2.35. The van der Waals surface area contributed by atoms with E-state index in [4.69, 9.17) is 23.8 Å². The Morgan fingerprint density at radius 1 is 1.50 bits per heavy atom. The van der Waals surface area contributed by atoms with Gasteiger partial charge in [-0.15, -0.1) is 0 Å². The summed E-state index contributed by atoms with van der Waals surface area (Å²) in [6.45, 7) is 0. The van der Waals surface area contributed by atoms with Gasteiger partial charge < -0.3 is 0 Å². The van der Waals surface area contributed by atoms with Crippen LogP contribution in [0.1, 0.15) is 6.42 Å². The lowest BCUT2D eigenvalue weighted by Gasteiger charge is -1.97. The van der Waals surface area contributed by atoms with Gasteiger partial charge in [-0.25, -0.2) is 0 Å². The van der Waals surface area contributed by atoms with Gasteiger partial charge in [-0.2, -0.15) is 0 Å². The molecule has 0 radical (unpaired) electrons. The van der Waals surface area contributed by atoms with Crippen molar-refractivity contribution in [3.8, 4) is 0 Å². The van der Waals surface area contributed by atoms with E-state index in [2.05, 4.69) is 0 Å². The van der Waals surface area contributed by atoms with Gasteiger partial charge >= 0.3 is 0 Å². The SMILES string of the molecule is S=C1C=CC(Cl)=CC1. The molecule has 0 aromatic heterocycles. The first-order valence-corrected chi connectivity index (χ1v) is 3.14. The van der Waals surface area contributed by atoms with Gasteiger partial charge in [0.15, 0.2) is 0 Å². The predicted molar refractivity (Wildman–Crippen MR) is 40.3 cm³/mol. The quantitative estimate of drug-likeness (QED) is 0.471. The van der Waals surface area contributed by atoms with Crippen LogP contribution in [0, 0.1) is 0 Å². The normalized spacial score (nSPS) is 18.6. The maximum atomic E-state index is 5.60. The number of thiocarbonyl (C=S) groups is 1. The van der Waals surface area contributed by atoms with Crippen LogP contribution in [0.5, 0.6) is 0 Å². The third-order valence-corrected chi connectivity index (χ3v) is 1.51. The second-order valence-electron chi connectivity index (χ2n) is 1.59. The van der Waals surface area contributed by atoms with Gasteiger partial charge in [-0.1, -0.05) is 29.9 Å². The molecule has 8 heavy (non-hydrogen) atoms. The molecular formula is C6H5ClS. The first-order chi connectivity index (χ1) is 3.79. The minimum Gasteiger partial charge on any atom is -0.0847 e. The Balaban J connectivity index is 2.71. The Labute approximate surface area is 58.8 Å². The van der Waals surface area contributed by atoms with Crippen LogP contribution in [0.3, 0.4) is 0 Å². The van der Waals surface area contributed by atoms with Crippen LogP contribution in [0.25, 0.3) is 0 Å². The lowest BCUT2D eigenvalue weighted by atomic mass is 10.2. The molecule has 0 aliphatic heterocycles. The zero-order valence-corrected chi connectivity index (χ0v) is 5.80. The monoisotopic (exact) mass is 144 g/mol. The Hall–Kier alpha value is -0.140. The molecule has 0 unspecified atom stereocenters. The standard InChI is InChI=1S/C6H5ClS/c7-5-1-3-6(8)4-2-5/h1-3H,4H2. The Kier molecular flexibility index (Phi) is 1.81. The summed E-state index contributed by atoms with van der Waals surface area (Å²) in [6.07, 6.45) is 6.40. The third kappa shape index (κ3) is 1.42. The van der Waals surface area contributed by atoms with Gasteiger partial charge in [-0.3, -0.25) is 0 Å². The van der Waals surface area contributed by atoms with Gasteiger partial charge in [-0.05, 0) is 12.2 Å². The molecule has 0 aromatic carbocycles. The first kappa shape index (κ1) is 5.99. The molecule has 0 nitrogen and oxygen atoms in total. The Morgan fingerprint density at radius 2 is 2.25 bits per heavy atom. The maximum absolute atomic E-state index is 5.60.